The molecule has 1 aromatic rings. The number of anilines is 1. The number of rotatable bonds is 5. The smallest absolute Gasteiger partial charge is 0.295 e. The summed E-state index contributed by atoms with van der Waals surface area (Å²) < 4.78 is 5.32. The number of aromatic nitrogens is 2. The van der Waals surface area contributed by atoms with Gasteiger partial charge in [-0.3, -0.25) is 0 Å². The van der Waals surface area contributed by atoms with E-state index in [2.05, 4.69) is 15.1 Å². The second kappa shape index (κ2) is 4.98. The summed E-state index contributed by atoms with van der Waals surface area (Å²) >= 11 is 1.27. The van der Waals surface area contributed by atoms with Crippen LogP contribution in [0.4, 0.5) is 5.13 Å². The number of nitrogens with zero attached hydrogens (tertiary/aromatic N) is 3. The molecule has 74 valence electrons. The van der Waals surface area contributed by atoms with Crippen LogP contribution in [0.1, 0.15) is 6.42 Å². The van der Waals surface area contributed by atoms with Crippen molar-refractivity contribution >= 4 is 16.5 Å². The van der Waals surface area contributed by atoms with Crippen LogP contribution in [0.25, 0.3) is 0 Å². The van der Waals surface area contributed by atoms with Gasteiger partial charge in [0.15, 0.2) is 0 Å². The first-order valence-electron chi connectivity index (χ1n) is 4.05. The number of nitrogens with two attached hydrogens (primary N) is 1. The summed E-state index contributed by atoms with van der Waals surface area (Å²) in [5.41, 5.74) is 5.39. The summed E-state index contributed by atoms with van der Waals surface area (Å²) in [5, 5.41) is 8.38. The van der Waals surface area contributed by atoms with Crippen molar-refractivity contribution in [2.24, 2.45) is 0 Å². The van der Waals surface area contributed by atoms with E-state index in [0.717, 1.165) is 13.0 Å². The summed E-state index contributed by atoms with van der Waals surface area (Å²) in [6.07, 6.45) is 0.979. The van der Waals surface area contributed by atoms with Crippen molar-refractivity contribution in [1.29, 1.82) is 0 Å². The molecule has 0 unspecified atom stereocenters. The molecule has 0 amide bonds. The lowest BCUT2D eigenvalue weighted by molar-refractivity contribution is 0.279. The molecule has 0 saturated carbocycles. The van der Waals surface area contributed by atoms with Crippen LogP contribution in [-0.2, 0) is 0 Å². The Balaban J connectivity index is 2.13. The van der Waals surface area contributed by atoms with Gasteiger partial charge in [-0.2, -0.15) is 0 Å². The van der Waals surface area contributed by atoms with Crippen LogP contribution in [0.3, 0.4) is 0 Å². The maximum Gasteiger partial charge on any atom is 0.295 e. The van der Waals surface area contributed by atoms with Crippen LogP contribution < -0.4 is 10.5 Å². The first-order valence-corrected chi connectivity index (χ1v) is 4.86. The van der Waals surface area contributed by atoms with Crippen LogP contribution in [0.2, 0.25) is 0 Å². The Hall–Kier alpha value is -0.880. The number of nitrogen functional groups attached to an aromatic ring is 1. The quantitative estimate of drug-likeness (QED) is 0.702. The van der Waals surface area contributed by atoms with E-state index in [-0.39, 0.29) is 0 Å². The molecule has 13 heavy (non-hydrogen) atoms. The van der Waals surface area contributed by atoms with Crippen LogP contribution in [-0.4, -0.2) is 42.3 Å². The predicted molar refractivity (Wildman–Crippen MR) is 53.0 cm³/mol. The molecule has 0 fully saturated rings. The highest BCUT2D eigenvalue weighted by atomic mass is 32.1. The second-order valence-electron chi connectivity index (χ2n) is 2.91. The van der Waals surface area contributed by atoms with Gasteiger partial charge in [0, 0.05) is 6.54 Å². The van der Waals surface area contributed by atoms with Crippen molar-refractivity contribution in [3.05, 3.63) is 0 Å². The molecule has 0 aliphatic rings. The number of hydrogen-bond acceptors (Lipinski definition) is 6. The van der Waals surface area contributed by atoms with Crippen molar-refractivity contribution in [2.75, 3.05) is 33.0 Å². The van der Waals surface area contributed by atoms with E-state index in [4.69, 9.17) is 10.5 Å². The fraction of sp³-hybridized carbons (Fsp3) is 0.714. The summed E-state index contributed by atoms with van der Waals surface area (Å²) in [6, 6.07) is 0. The minimum Gasteiger partial charge on any atom is -0.469 e. The summed E-state index contributed by atoms with van der Waals surface area (Å²) in [7, 11) is 4.06. The van der Waals surface area contributed by atoms with E-state index < -0.39 is 0 Å². The van der Waals surface area contributed by atoms with E-state index in [9.17, 15) is 0 Å². The second-order valence-corrected chi connectivity index (χ2v) is 3.88. The van der Waals surface area contributed by atoms with Crippen molar-refractivity contribution < 1.29 is 4.74 Å². The number of hydrogen-bond donors (Lipinski definition) is 1. The molecular formula is C7H14N4OS. The molecule has 0 aliphatic carbocycles. The summed E-state index contributed by atoms with van der Waals surface area (Å²) in [4.78, 5) is 2.11. The molecule has 1 heterocycles. The molecule has 6 heteroatoms. The monoisotopic (exact) mass is 202 g/mol. The van der Waals surface area contributed by atoms with Gasteiger partial charge in [0.2, 0.25) is 5.13 Å². The van der Waals surface area contributed by atoms with Gasteiger partial charge in [0.25, 0.3) is 5.19 Å². The summed E-state index contributed by atoms with van der Waals surface area (Å²) in [6.45, 7) is 1.67. The zero-order valence-corrected chi connectivity index (χ0v) is 8.67. The lowest BCUT2D eigenvalue weighted by Crippen LogP contribution is -2.15. The first kappa shape index (κ1) is 10.2. The topological polar surface area (TPSA) is 64.3 Å². The van der Waals surface area contributed by atoms with Crippen molar-refractivity contribution in [1.82, 2.24) is 15.1 Å². The maximum absolute atomic E-state index is 5.39. The average molecular weight is 202 g/mol. The van der Waals surface area contributed by atoms with Crippen molar-refractivity contribution in [3.63, 3.8) is 0 Å². The van der Waals surface area contributed by atoms with E-state index in [1.54, 1.807) is 0 Å². The molecule has 2 N–H and O–H groups in total. The Morgan fingerprint density at radius 3 is 2.77 bits per heavy atom. The van der Waals surface area contributed by atoms with Gasteiger partial charge in [0.1, 0.15) is 0 Å². The molecule has 0 atom stereocenters. The third-order valence-electron chi connectivity index (χ3n) is 1.40. The standard InChI is InChI=1S/C7H14N4OS/c1-11(2)4-3-5-12-7-10-9-6(8)13-7/h3-5H2,1-2H3,(H2,8,9). The normalized spacial score (nSPS) is 10.7. The van der Waals surface area contributed by atoms with Gasteiger partial charge in [0.05, 0.1) is 6.61 Å². The predicted octanol–water partition coefficient (Wildman–Crippen LogP) is 0.451. The SMILES string of the molecule is CN(C)CCCOc1nnc(N)s1. The van der Waals surface area contributed by atoms with Crippen LogP contribution in [0.15, 0.2) is 0 Å². The summed E-state index contributed by atoms with van der Waals surface area (Å²) in [5.74, 6) is 0. The lowest BCUT2D eigenvalue weighted by Gasteiger charge is -2.08. The van der Waals surface area contributed by atoms with Crippen LogP contribution >= 0.6 is 11.3 Å². The van der Waals surface area contributed by atoms with Crippen molar-refractivity contribution in [2.45, 2.75) is 6.42 Å². The molecule has 5 nitrogen and oxygen atoms in total. The van der Waals surface area contributed by atoms with E-state index in [1.165, 1.54) is 11.3 Å². The zero-order chi connectivity index (χ0) is 9.68. The van der Waals surface area contributed by atoms with Gasteiger partial charge in [-0.25, -0.2) is 0 Å². The molecule has 1 rings (SSSR count). The molecule has 0 aliphatic heterocycles. The van der Waals surface area contributed by atoms with Crippen molar-refractivity contribution in [3.8, 4) is 5.19 Å². The molecule has 1 aromatic heterocycles. The van der Waals surface area contributed by atoms with E-state index in [0.29, 0.717) is 16.9 Å². The minimum atomic E-state index is 0.447. The van der Waals surface area contributed by atoms with Crippen LogP contribution in [0.5, 0.6) is 5.19 Å². The van der Waals surface area contributed by atoms with Gasteiger partial charge >= 0.3 is 0 Å². The molecule has 0 saturated heterocycles. The molecular weight excluding hydrogens is 188 g/mol. The molecule has 0 radical (unpaired) electrons. The van der Waals surface area contributed by atoms with E-state index >= 15 is 0 Å². The Bertz CT molecular complexity index is 250. The highest BCUT2D eigenvalue weighted by Crippen LogP contribution is 2.18. The fourth-order valence-electron chi connectivity index (χ4n) is 0.819. The fourth-order valence-corrected chi connectivity index (χ4v) is 1.30. The third kappa shape index (κ3) is 4.05. The largest absolute Gasteiger partial charge is 0.469 e. The van der Waals surface area contributed by atoms with Gasteiger partial charge in [-0.05, 0) is 31.9 Å². The number of ether oxygens (including phenoxy) is 1. The Morgan fingerprint density at radius 2 is 2.23 bits per heavy atom. The molecule has 0 aromatic carbocycles. The Kier molecular flexibility index (Phi) is 3.91. The van der Waals surface area contributed by atoms with Gasteiger partial charge in [-0.1, -0.05) is 5.10 Å². The highest BCUT2D eigenvalue weighted by molar-refractivity contribution is 7.16. The first-order chi connectivity index (χ1) is 6.18. The minimum absolute atomic E-state index is 0.447. The Morgan fingerprint density at radius 1 is 1.46 bits per heavy atom. The van der Waals surface area contributed by atoms with Gasteiger partial charge < -0.3 is 15.4 Å². The van der Waals surface area contributed by atoms with E-state index in [1.807, 2.05) is 14.1 Å². The average Bonchev–Trinajstić information content (AvgIpc) is 2.45. The third-order valence-corrected chi connectivity index (χ3v) is 2.06. The molecule has 0 spiro atoms. The van der Waals surface area contributed by atoms with Gasteiger partial charge in [-0.15, -0.1) is 5.10 Å². The zero-order valence-electron chi connectivity index (χ0n) is 7.86. The highest BCUT2D eigenvalue weighted by Gasteiger charge is 2.00. The maximum atomic E-state index is 5.39. The van der Waals surface area contributed by atoms with Crippen LogP contribution in [0, 0.1) is 0 Å². The molecule has 0 bridgehead atoms. The Labute approximate surface area is 81.5 Å². The lowest BCUT2D eigenvalue weighted by atomic mass is 10.4.